The molecule has 0 bridgehead atoms. The van der Waals surface area contributed by atoms with E-state index in [9.17, 15) is 4.39 Å². The monoisotopic (exact) mass is 456 g/mol. The van der Waals surface area contributed by atoms with Crippen LogP contribution in [0.4, 0.5) is 21.7 Å². The molecule has 0 atom stereocenters. The minimum Gasteiger partial charge on any atom is -0.497 e. The van der Waals surface area contributed by atoms with E-state index in [-0.39, 0.29) is 5.02 Å². The summed E-state index contributed by atoms with van der Waals surface area (Å²) in [6.45, 7) is 0. The van der Waals surface area contributed by atoms with Crippen LogP contribution in [0, 0.1) is 5.82 Å². The topological polar surface area (TPSA) is 68.3 Å². The van der Waals surface area contributed by atoms with Gasteiger partial charge in [-0.2, -0.15) is 0 Å². The Bertz CT molecular complexity index is 1220. The zero-order valence-electron chi connectivity index (χ0n) is 16.6. The van der Waals surface area contributed by atoms with Crippen LogP contribution in [-0.4, -0.2) is 24.2 Å². The molecule has 9 heteroatoms. The highest BCUT2D eigenvalue weighted by Crippen LogP contribution is 2.33. The number of methoxy groups -OCH3 is 2. The van der Waals surface area contributed by atoms with Gasteiger partial charge < -0.3 is 19.5 Å². The van der Waals surface area contributed by atoms with E-state index in [1.54, 1.807) is 32.4 Å². The summed E-state index contributed by atoms with van der Waals surface area (Å²) >= 11 is 7.14. The normalized spacial score (nSPS) is 10.7. The van der Waals surface area contributed by atoms with Gasteiger partial charge in [-0.05, 0) is 42.3 Å². The maximum atomic E-state index is 13.5. The van der Waals surface area contributed by atoms with Crippen molar-refractivity contribution in [1.82, 2.24) is 9.97 Å². The summed E-state index contributed by atoms with van der Waals surface area (Å²) < 4.78 is 27.3. The molecular weight excluding hydrogens is 439 g/mol. The smallest absolute Gasteiger partial charge is 0.180 e. The van der Waals surface area contributed by atoms with Crippen LogP contribution in [0.25, 0.3) is 11.0 Å². The minimum absolute atomic E-state index is 0.0539. The van der Waals surface area contributed by atoms with Crippen LogP contribution in [0.15, 0.2) is 65.6 Å². The number of halogens is 2. The summed E-state index contributed by atoms with van der Waals surface area (Å²) in [6, 6.07) is 17.5. The van der Waals surface area contributed by atoms with Crippen LogP contribution >= 0.6 is 23.5 Å². The molecule has 6 nitrogen and oxygen atoms in total. The third kappa shape index (κ3) is 4.92. The lowest BCUT2D eigenvalue weighted by molar-refractivity contribution is 0.395. The van der Waals surface area contributed by atoms with E-state index in [2.05, 4.69) is 15.0 Å². The first-order chi connectivity index (χ1) is 15.1. The lowest BCUT2D eigenvalue weighted by Gasteiger charge is -2.14. The van der Waals surface area contributed by atoms with Gasteiger partial charge in [0, 0.05) is 28.8 Å². The predicted octanol–water partition coefficient (Wildman–Crippen LogP) is 6.30. The number of hydrogen-bond donors (Lipinski definition) is 2. The van der Waals surface area contributed by atoms with Gasteiger partial charge in [0.15, 0.2) is 11.6 Å². The first-order valence-electron chi connectivity index (χ1n) is 9.20. The lowest BCUT2D eigenvalue weighted by atomic mass is 10.2. The molecule has 0 aliphatic heterocycles. The van der Waals surface area contributed by atoms with Gasteiger partial charge in [0.2, 0.25) is 0 Å². The molecule has 0 amide bonds. The highest BCUT2D eigenvalue weighted by Gasteiger charge is 2.12. The summed E-state index contributed by atoms with van der Waals surface area (Å²) in [5.74, 6) is 1.83. The van der Waals surface area contributed by atoms with Crippen molar-refractivity contribution in [2.24, 2.45) is 0 Å². The van der Waals surface area contributed by atoms with Crippen molar-refractivity contribution < 1.29 is 13.9 Å². The highest BCUT2D eigenvalue weighted by atomic mass is 35.5. The Labute approximate surface area is 187 Å². The molecule has 0 unspecified atom stereocenters. The van der Waals surface area contributed by atoms with Crippen LogP contribution in [0.3, 0.4) is 0 Å². The number of rotatable bonds is 7. The van der Waals surface area contributed by atoms with E-state index < -0.39 is 5.82 Å². The first-order valence-corrected chi connectivity index (χ1v) is 10.4. The Hall–Kier alpha value is -3.23. The van der Waals surface area contributed by atoms with Gasteiger partial charge in [0.25, 0.3) is 0 Å². The number of benzene rings is 3. The third-order valence-electron chi connectivity index (χ3n) is 4.34. The second-order valence-corrected chi connectivity index (χ2v) is 7.70. The van der Waals surface area contributed by atoms with E-state index in [1.165, 1.54) is 18.0 Å². The fourth-order valence-corrected chi connectivity index (χ4v) is 3.74. The summed E-state index contributed by atoms with van der Waals surface area (Å²) in [7, 11) is 3.18. The van der Waals surface area contributed by atoms with E-state index >= 15 is 0 Å². The summed E-state index contributed by atoms with van der Waals surface area (Å²) in [6.07, 6.45) is 0. The average molecular weight is 457 g/mol. The Morgan fingerprint density at radius 1 is 0.871 bits per heavy atom. The van der Waals surface area contributed by atoms with Crippen molar-refractivity contribution in [2.45, 2.75) is 4.90 Å². The standard InChI is InChI=1S/C22H18ClFN4O2S/c1-29-14-9-13(10-15(11-14)30-2)25-21-22(27-20-6-4-3-5-19(20)26-21)28-31-16-7-8-18(24)17(23)12-16/h3-12H,1-2H3,(H,25,26)(H,27,28). The lowest BCUT2D eigenvalue weighted by Crippen LogP contribution is -2.02. The molecule has 2 N–H and O–H groups in total. The quantitative estimate of drug-likeness (QED) is 0.316. The van der Waals surface area contributed by atoms with Gasteiger partial charge >= 0.3 is 0 Å². The van der Waals surface area contributed by atoms with E-state index in [4.69, 9.17) is 26.1 Å². The number of hydrogen-bond acceptors (Lipinski definition) is 7. The number of nitrogens with zero attached hydrogens (tertiary/aromatic N) is 2. The number of anilines is 3. The summed E-state index contributed by atoms with van der Waals surface area (Å²) in [4.78, 5) is 10.1. The maximum absolute atomic E-state index is 13.5. The number of para-hydroxylation sites is 2. The molecule has 1 aromatic heterocycles. The van der Waals surface area contributed by atoms with Gasteiger partial charge in [-0.3, -0.25) is 0 Å². The Kier molecular flexibility index (Phi) is 6.29. The zero-order chi connectivity index (χ0) is 21.8. The summed E-state index contributed by atoms with van der Waals surface area (Å²) in [5.41, 5.74) is 2.19. The van der Waals surface area contributed by atoms with Crippen LogP contribution in [0.5, 0.6) is 11.5 Å². The fraction of sp³-hybridized carbons (Fsp3) is 0.0909. The molecule has 4 rings (SSSR count). The fourth-order valence-electron chi connectivity index (χ4n) is 2.82. The molecule has 0 spiro atoms. The van der Waals surface area contributed by atoms with E-state index in [0.29, 0.717) is 23.1 Å². The van der Waals surface area contributed by atoms with Crippen LogP contribution in [-0.2, 0) is 0 Å². The van der Waals surface area contributed by atoms with Gasteiger partial charge in [0.1, 0.15) is 17.3 Å². The largest absolute Gasteiger partial charge is 0.497 e. The van der Waals surface area contributed by atoms with Crippen LogP contribution in [0.2, 0.25) is 5.02 Å². The molecule has 4 aromatic rings. The van der Waals surface area contributed by atoms with Gasteiger partial charge in [-0.25, -0.2) is 14.4 Å². The van der Waals surface area contributed by atoms with Crippen LogP contribution < -0.4 is 19.5 Å². The van der Waals surface area contributed by atoms with Crippen molar-refractivity contribution in [1.29, 1.82) is 0 Å². The molecule has 158 valence electrons. The molecule has 3 aromatic carbocycles. The van der Waals surface area contributed by atoms with Gasteiger partial charge in [-0.1, -0.05) is 23.7 Å². The number of nitrogens with one attached hydrogen (secondary N) is 2. The molecule has 31 heavy (non-hydrogen) atoms. The van der Waals surface area contributed by atoms with E-state index in [1.807, 2.05) is 36.4 Å². The molecule has 0 radical (unpaired) electrons. The van der Waals surface area contributed by atoms with Crippen molar-refractivity contribution in [3.05, 3.63) is 71.5 Å². The molecule has 0 saturated carbocycles. The van der Waals surface area contributed by atoms with Crippen LogP contribution in [0.1, 0.15) is 0 Å². The molecule has 0 fully saturated rings. The zero-order valence-corrected chi connectivity index (χ0v) is 18.2. The van der Waals surface area contributed by atoms with Crippen molar-refractivity contribution >= 4 is 51.9 Å². The van der Waals surface area contributed by atoms with Gasteiger partial charge in [0.05, 0.1) is 30.3 Å². The molecule has 0 aliphatic carbocycles. The van der Waals surface area contributed by atoms with Crippen molar-refractivity contribution in [3.63, 3.8) is 0 Å². The highest BCUT2D eigenvalue weighted by molar-refractivity contribution is 8.00. The number of fused-ring (bicyclic) bond motifs is 1. The minimum atomic E-state index is -0.467. The van der Waals surface area contributed by atoms with Crippen molar-refractivity contribution in [2.75, 3.05) is 24.3 Å². The second kappa shape index (κ2) is 9.28. The predicted molar refractivity (Wildman–Crippen MR) is 123 cm³/mol. The maximum Gasteiger partial charge on any atom is 0.180 e. The first kappa shape index (κ1) is 21.0. The van der Waals surface area contributed by atoms with Gasteiger partial charge in [-0.15, -0.1) is 0 Å². The molecule has 0 aliphatic rings. The van der Waals surface area contributed by atoms with Crippen molar-refractivity contribution in [3.8, 4) is 11.5 Å². The Morgan fingerprint density at radius 3 is 2.13 bits per heavy atom. The molecular formula is C22H18ClFN4O2S. The van der Waals surface area contributed by atoms with E-state index in [0.717, 1.165) is 21.6 Å². The summed E-state index contributed by atoms with van der Waals surface area (Å²) in [5, 5.41) is 3.33. The second-order valence-electron chi connectivity index (χ2n) is 6.42. The third-order valence-corrected chi connectivity index (χ3v) is 5.42. The average Bonchev–Trinajstić information content (AvgIpc) is 2.79. The Balaban J connectivity index is 1.68. The molecule has 1 heterocycles. The number of aromatic nitrogens is 2. The SMILES string of the molecule is COc1cc(Nc2nc3ccccc3nc2NSc2ccc(F)c(Cl)c2)cc(OC)c1. The number of ether oxygens (including phenoxy) is 2. The Morgan fingerprint density at radius 2 is 1.52 bits per heavy atom. The molecule has 0 saturated heterocycles.